The zero-order valence-corrected chi connectivity index (χ0v) is 21.1. The molecular weight excluding hydrogens is 446 g/mol. The second-order valence-corrected chi connectivity index (χ2v) is 9.94. The number of nitrogens with zero attached hydrogens (tertiary/aromatic N) is 6. The van der Waals surface area contributed by atoms with Crippen molar-refractivity contribution < 1.29 is 0 Å². The number of aromatic nitrogens is 7. The number of hydrogen-bond donors (Lipinski definition) is 1. The summed E-state index contributed by atoms with van der Waals surface area (Å²) < 4.78 is 2.26. The highest BCUT2D eigenvalue weighted by atomic mass is 15.5. The van der Waals surface area contributed by atoms with E-state index in [-0.39, 0.29) is 0 Å². The van der Waals surface area contributed by atoms with Crippen LogP contribution in [0.4, 0.5) is 0 Å². The van der Waals surface area contributed by atoms with Crippen LogP contribution in [-0.2, 0) is 13.0 Å². The average Bonchev–Trinajstić information content (AvgIpc) is 3.66. The Morgan fingerprint density at radius 1 is 0.944 bits per heavy atom. The molecule has 0 aliphatic heterocycles. The molecule has 6 rings (SSSR count). The predicted octanol–water partition coefficient (Wildman–Crippen LogP) is 6.16. The van der Waals surface area contributed by atoms with Crippen molar-refractivity contribution in [1.29, 1.82) is 0 Å². The first-order chi connectivity index (χ1) is 17.6. The second-order valence-electron chi connectivity index (χ2n) is 9.94. The van der Waals surface area contributed by atoms with Crippen LogP contribution in [-0.4, -0.2) is 35.2 Å². The Balaban J connectivity index is 1.37. The van der Waals surface area contributed by atoms with Gasteiger partial charge >= 0.3 is 0 Å². The molecule has 36 heavy (non-hydrogen) atoms. The van der Waals surface area contributed by atoms with Gasteiger partial charge in [-0.15, -0.1) is 10.2 Å². The van der Waals surface area contributed by atoms with Crippen LogP contribution >= 0.6 is 0 Å². The first-order valence-electron chi connectivity index (χ1n) is 12.9. The molecule has 7 nitrogen and oxygen atoms in total. The zero-order chi connectivity index (χ0) is 24.6. The first-order valence-corrected chi connectivity index (χ1v) is 12.9. The van der Waals surface area contributed by atoms with Gasteiger partial charge in [-0.05, 0) is 71.7 Å². The quantitative estimate of drug-likeness (QED) is 0.316. The van der Waals surface area contributed by atoms with E-state index in [4.69, 9.17) is 9.97 Å². The van der Waals surface area contributed by atoms with Crippen molar-refractivity contribution in [1.82, 2.24) is 35.2 Å². The lowest BCUT2D eigenvalue weighted by Crippen LogP contribution is -2.05. The molecule has 0 radical (unpaired) electrons. The van der Waals surface area contributed by atoms with Crippen LogP contribution in [0, 0.1) is 13.8 Å². The molecule has 0 amide bonds. The average molecular weight is 478 g/mol. The van der Waals surface area contributed by atoms with Crippen LogP contribution in [0.1, 0.15) is 66.7 Å². The molecule has 0 bridgehead atoms. The van der Waals surface area contributed by atoms with Gasteiger partial charge in [0.25, 0.3) is 0 Å². The topological polar surface area (TPSA) is 85.2 Å². The van der Waals surface area contributed by atoms with E-state index in [1.54, 1.807) is 0 Å². The molecule has 5 aromatic rings. The number of pyridine rings is 1. The standard InChI is InChI=1S/C29H31N7/c1-4-26-31-27-18(2)15-19(3)30-29(27)36(26)17-20-9-11-22(12-10-20)25-16-23(21-7-5-6-8-21)13-14-24(25)28-32-34-35-33-28/h9-16,21H,4-8,17H2,1-3H3,(H,32,33,34,35). The molecule has 0 spiro atoms. The number of imidazole rings is 1. The molecule has 2 aromatic carbocycles. The maximum absolute atomic E-state index is 4.90. The summed E-state index contributed by atoms with van der Waals surface area (Å²) in [6, 6.07) is 17.7. The van der Waals surface area contributed by atoms with Crippen molar-refractivity contribution in [3.63, 3.8) is 0 Å². The van der Waals surface area contributed by atoms with Crippen LogP contribution < -0.4 is 0 Å². The Labute approximate surface area is 211 Å². The number of aromatic amines is 1. The lowest BCUT2D eigenvalue weighted by Gasteiger charge is -2.15. The smallest absolute Gasteiger partial charge is 0.205 e. The van der Waals surface area contributed by atoms with E-state index in [2.05, 4.69) is 87.6 Å². The van der Waals surface area contributed by atoms with Crippen molar-refractivity contribution in [2.24, 2.45) is 0 Å². The summed E-state index contributed by atoms with van der Waals surface area (Å²) >= 11 is 0. The minimum Gasteiger partial charge on any atom is -0.308 e. The van der Waals surface area contributed by atoms with Crippen molar-refractivity contribution in [2.75, 3.05) is 0 Å². The molecule has 0 unspecified atom stereocenters. The van der Waals surface area contributed by atoms with Gasteiger partial charge in [-0.25, -0.2) is 9.97 Å². The number of fused-ring (bicyclic) bond motifs is 1. The summed E-state index contributed by atoms with van der Waals surface area (Å²) in [6.07, 6.45) is 6.04. The van der Waals surface area contributed by atoms with Crippen LogP contribution in [0.2, 0.25) is 0 Å². The number of nitrogens with one attached hydrogen (secondary N) is 1. The first kappa shape index (κ1) is 22.6. The molecule has 3 aromatic heterocycles. The van der Waals surface area contributed by atoms with E-state index in [0.717, 1.165) is 52.3 Å². The fourth-order valence-corrected chi connectivity index (χ4v) is 5.64. The minimum absolute atomic E-state index is 0.626. The Kier molecular flexibility index (Phi) is 5.83. The third kappa shape index (κ3) is 4.08. The van der Waals surface area contributed by atoms with Gasteiger partial charge in [0, 0.05) is 17.7 Å². The second kappa shape index (κ2) is 9.30. The van der Waals surface area contributed by atoms with Crippen LogP contribution in [0.3, 0.4) is 0 Å². The third-order valence-electron chi connectivity index (χ3n) is 7.48. The summed E-state index contributed by atoms with van der Waals surface area (Å²) in [5.74, 6) is 2.34. The molecular formula is C29H31N7. The van der Waals surface area contributed by atoms with Gasteiger partial charge in [-0.3, -0.25) is 0 Å². The van der Waals surface area contributed by atoms with Gasteiger partial charge in [0.15, 0.2) is 5.65 Å². The Morgan fingerprint density at radius 2 is 1.75 bits per heavy atom. The lowest BCUT2D eigenvalue weighted by molar-refractivity contribution is 0.723. The van der Waals surface area contributed by atoms with Gasteiger partial charge in [0.05, 0.1) is 6.54 Å². The fraction of sp³-hybridized carbons (Fsp3) is 0.345. The third-order valence-corrected chi connectivity index (χ3v) is 7.48. The van der Waals surface area contributed by atoms with E-state index in [1.807, 2.05) is 6.92 Å². The molecule has 1 aliphatic carbocycles. The normalized spacial score (nSPS) is 14.2. The SMILES string of the molecule is CCc1nc2c(C)cc(C)nc2n1Cc1ccc(-c2cc(C3CCCC3)ccc2-c2nn[nH]n2)cc1. The van der Waals surface area contributed by atoms with Gasteiger partial charge < -0.3 is 4.57 Å². The van der Waals surface area contributed by atoms with Crippen LogP contribution in [0.15, 0.2) is 48.5 Å². The van der Waals surface area contributed by atoms with Crippen LogP contribution in [0.25, 0.3) is 33.7 Å². The predicted molar refractivity (Wildman–Crippen MR) is 142 cm³/mol. The molecule has 1 fully saturated rings. The highest BCUT2D eigenvalue weighted by Gasteiger charge is 2.20. The fourth-order valence-electron chi connectivity index (χ4n) is 5.64. The van der Waals surface area contributed by atoms with E-state index in [9.17, 15) is 0 Å². The summed E-state index contributed by atoms with van der Waals surface area (Å²) in [4.78, 5) is 9.73. The maximum atomic E-state index is 4.90. The highest BCUT2D eigenvalue weighted by molar-refractivity contribution is 5.81. The molecule has 1 aliphatic rings. The number of hydrogen-bond acceptors (Lipinski definition) is 5. The number of benzene rings is 2. The number of aryl methyl sites for hydroxylation is 3. The molecule has 7 heteroatoms. The molecule has 1 saturated carbocycles. The largest absolute Gasteiger partial charge is 0.308 e. The highest BCUT2D eigenvalue weighted by Crippen LogP contribution is 2.38. The number of rotatable bonds is 6. The van der Waals surface area contributed by atoms with Gasteiger partial charge in [0.1, 0.15) is 11.3 Å². The Morgan fingerprint density at radius 3 is 2.47 bits per heavy atom. The summed E-state index contributed by atoms with van der Waals surface area (Å²) in [5, 5.41) is 14.9. The van der Waals surface area contributed by atoms with Crippen LogP contribution in [0.5, 0.6) is 0 Å². The minimum atomic E-state index is 0.626. The van der Waals surface area contributed by atoms with E-state index >= 15 is 0 Å². The number of tetrazole rings is 1. The molecule has 1 N–H and O–H groups in total. The molecule has 0 saturated heterocycles. The van der Waals surface area contributed by atoms with E-state index < -0.39 is 0 Å². The maximum Gasteiger partial charge on any atom is 0.205 e. The van der Waals surface area contributed by atoms with Gasteiger partial charge in [-0.1, -0.05) is 62.2 Å². The monoisotopic (exact) mass is 477 g/mol. The molecule has 182 valence electrons. The molecule has 0 atom stereocenters. The van der Waals surface area contributed by atoms with E-state index in [0.29, 0.717) is 11.7 Å². The lowest BCUT2D eigenvalue weighted by atomic mass is 9.90. The zero-order valence-electron chi connectivity index (χ0n) is 21.1. The Bertz CT molecular complexity index is 1510. The van der Waals surface area contributed by atoms with Crippen molar-refractivity contribution in [3.05, 3.63) is 76.7 Å². The number of H-pyrrole nitrogens is 1. The Hall–Kier alpha value is -3.87. The van der Waals surface area contributed by atoms with E-state index in [1.165, 1.54) is 42.4 Å². The summed E-state index contributed by atoms with van der Waals surface area (Å²) in [7, 11) is 0. The van der Waals surface area contributed by atoms with Crippen molar-refractivity contribution in [3.8, 4) is 22.5 Å². The van der Waals surface area contributed by atoms with Gasteiger partial charge in [0.2, 0.25) is 5.82 Å². The van der Waals surface area contributed by atoms with Crippen molar-refractivity contribution in [2.45, 2.75) is 65.3 Å². The van der Waals surface area contributed by atoms with Gasteiger partial charge in [-0.2, -0.15) is 5.21 Å². The van der Waals surface area contributed by atoms with Crippen molar-refractivity contribution >= 4 is 11.2 Å². The molecule has 3 heterocycles. The summed E-state index contributed by atoms with van der Waals surface area (Å²) in [6.45, 7) is 7.06. The summed E-state index contributed by atoms with van der Waals surface area (Å²) in [5.41, 5.74) is 10.1.